The first-order valence-electron chi connectivity index (χ1n) is 13.4. The molecule has 3 heteroatoms. The van der Waals surface area contributed by atoms with E-state index < -0.39 is 0 Å². The summed E-state index contributed by atoms with van der Waals surface area (Å²) in [6.45, 7) is 6.68. The zero-order valence-corrected chi connectivity index (χ0v) is 21.7. The Morgan fingerprint density at radius 1 is 0.632 bits per heavy atom. The Hall–Kier alpha value is -4.37. The SMILES string of the molecule is CC(C)(C)c1ccnc(-n2c3cc(O)ccc3c3cc4c(cc32)C2c3ccccc3C4c3ccccc32)c1. The molecule has 0 atom stereocenters. The zero-order valence-electron chi connectivity index (χ0n) is 21.7. The van der Waals surface area contributed by atoms with Crippen LogP contribution in [0.5, 0.6) is 5.75 Å². The van der Waals surface area contributed by atoms with E-state index in [2.05, 4.69) is 98.1 Å². The van der Waals surface area contributed by atoms with Crippen molar-refractivity contribution in [3.05, 3.63) is 136 Å². The quantitative estimate of drug-likeness (QED) is 0.251. The van der Waals surface area contributed by atoms with Gasteiger partial charge in [0, 0.05) is 34.9 Å². The van der Waals surface area contributed by atoms with Crippen LogP contribution in [0.4, 0.5) is 0 Å². The topological polar surface area (TPSA) is 38.0 Å². The van der Waals surface area contributed by atoms with Gasteiger partial charge < -0.3 is 5.11 Å². The molecule has 4 aromatic carbocycles. The molecule has 0 saturated carbocycles. The van der Waals surface area contributed by atoms with Gasteiger partial charge in [0.05, 0.1) is 11.0 Å². The number of hydrogen-bond donors (Lipinski definition) is 1. The molecule has 6 aromatic rings. The number of phenolic OH excluding ortho intramolecular Hbond substituents is 1. The molecule has 0 amide bonds. The number of phenols is 1. The molecule has 2 bridgehead atoms. The van der Waals surface area contributed by atoms with Crippen molar-refractivity contribution in [2.75, 3.05) is 0 Å². The summed E-state index contributed by atoms with van der Waals surface area (Å²) >= 11 is 0. The normalized spacial score (nSPS) is 17.4. The second-order valence-electron chi connectivity index (χ2n) is 11.8. The molecule has 1 N–H and O–H groups in total. The number of rotatable bonds is 1. The lowest BCUT2D eigenvalue weighted by molar-refractivity contribution is 0.476. The first-order chi connectivity index (χ1) is 18.4. The van der Waals surface area contributed by atoms with Gasteiger partial charge in [-0.05, 0) is 80.8 Å². The lowest BCUT2D eigenvalue weighted by Gasteiger charge is -2.42. The van der Waals surface area contributed by atoms with Crippen LogP contribution in [0, 0.1) is 0 Å². The summed E-state index contributed by atoms with van der Waals surface area (Å²) in [4.78, 5) is 4.84. The number of nitrogens with zero attached hydrogens (tertiary/aromatic N) is 2. The lowest BCUT2D eigenvalue weighted by Crippen LogP contribution is -2.27. The highest BCUT2D eigenvalue weighted by Gasteiger charge is 2.41. The number of hydrogen-bond acceptors (Lipinski definition) is 2. The predicted octanol–water partition coefficient (Wildman–Crippen LogP) is 8.17. The summed E-state index contributed by atoms with van der Waals surface area (Å²) in [6.07, 6.45) is 1.91. The summed E-state index contributed by atoms with van der Waals surface area (Å²) in [5.74, 6) is 1.58. The Labute approximate surface area is 222 Å². The predicted molar refractivity (Wildman–Crippen MR) is 154 cm³/mol. The summed E-state index contributed by atoms with van der Waals surface area (Å²) in [6, 6.07) is 32.7. The fourth-order valence-corrected chi connectivity index (χ4v) is 6.92. The molecule has 0 radical (unpaired) electrons. The summed E-state index contributed by atoms with van der Waals surface area (Å²) in [5, 5.41) is 12.8. The molecular weight excluding hydrogens is 464 g/mol. The van der Waals surface area contributed by atoms with Crippen molar-refractivity contribution in [3.8, 4) is 11.6 Å². The third-order valence-electron chi connectivity index (χ3n) is 8.65. The molecule has 2 heterocycles. The van der Waals surface area contributed by atoms with Crippen molar-refractivity contribution in [1.29, 1.82) is 0 Å². The standard InChI is InChI=1S/C35H28N2O/c1-35(2,3)20-14-15-36-32(16-20)37-30-17-21(38)12-13-22(30)27-18-28-29(19-31(27)37)34-25-10-6-4-8-23(25)33(28)24-9-5-7-11-26(24)34/h4-19,33-34,38H,1-3H3. The first kappa shape index (κ1) is 21.7. The molecule has 0 fully saturated rings. The van der Waals surface area contributed by atoms with Crippen LogP contribution in [0.15, 0.2) is 97.2 Å². The Balaban J connectivity index is 1.48. The molecule has 0 unspecified atom stereocenters. The Morgan fingerprint density at radius 3 is 1.82 bits per heavy atom. The maximum absolute atomic E-state index is 10.5. The van der Waals surface area contributed by atoms with Crippen molar-refractivity contribution in [2.24, 2.45) is 0 Å². The van der Waals surface area contributed by atoms with E-state index in [1.807, 2.05) is 18.3 Å². The van der Waals surface area contributed by atoms with Gasteiger partial charge in [-0.3, -0.25) is 4.57 Å². The number of aromatic hydroxyl groups is 1. The van der Waals surface area contributed by atoms with Crippen LogP contribution < -0.4 is 0 Å². The van der Waals surface area contributed by atoms with Gasteiger partial charge in [-0.15, -0.1) is 0 Å². The molecule has 0 spiro atoms. The van der Waals surface area contributed by atoms with E-state index in [0.29, 0.717) is 0 Å². The maximum atomic E-state index is 10.5. The van der Waals surface area contributed by atoms with E-state index in [4.69, 9.17) is 4.98 Å². The second-order valence-corrected chi connectivity index (χ2v) is 11.8. The van der Waals surface area contributed by atoms with Gasteiger partial charge in [0.15, 0.2) is 0 Å². The van der Waals surface area contributed by atoms with Gasteiger partial charge in [-0.2, -0.15) is 0 Å². The third-order valence-corrected chi connectivity index (χ3v) is 8.65. The van der Waals surface area contributed by atoms with Gasteiger partial charge in [-0.1, -0.05) is 69.3 Å². The molecule has 0 aliphatic heterocycles. The average molecular weight is 493 g/mol. The van der Waals surface area contributed by atoms with Crippen LogP contribution >= 0.6 is 0 Å². The number of fused-ring (bicyclic) bond motifs is 3. The van der Waals surface area contributed by atoms with Crippen LogP contribution in [0.3, 0.4) is 0 Å². The van der Waals surface area contributed by atoms with Crippen molar-refractivity contribution in [1.82, 2.24) is 9.55 Å². The molecule has 38 heavy (non-hydrogen) atoms. The minimum absolute atomic E-state index is 0.00429. The monoisotopic (exact) mass is 492 g/mol. The van der Waals surface area contributed by atoms with Gasteiger partial charge >= 0.3 is 0 Å². The van der Waals surface area contributed by atoms with Crippen molar-refractivity contribution in [2.45, 2.75) is 38.0 Å². The highest BCUT2D eigenvalue weighted by molar-refractivity contribution is 6.10. The number of aromatic nitrogens is 2. The van der Waals surface area contributed by atoms with Gasteiger partial charge in [0.2, 0.25) is 0 Å². The molecule has 3 aliphatic carbocycles. The third kappa shape index (κ3) is 2.82. The summed E-state index contributed by atoms with van der Waals surface area (Å²) in [7, 11) is 0. The van der Waals surface area contributed by atoms with E-state index in [0.717, 1.165) is 22.2 Å². The highest BCUT2D eigenvalue weighted by atomic mass is 16.3. The fraction of sp³-hybridized carbons (Fsp3) is 0.171. The summed E-state index contributed by atoms with van der Waals surface area (Å²) < 4.78 is 2.24. The van der Waals surface area contributed by atoms with Gasteiger partial charge in [0.1, 0.15) is 11.6 Å². The van der Waals surface area contributed by atoms with Crippen LogP contribution in [0.2, 0.25) is 0 Å². The molecule has 2 aromatic heterocycles. The summed E-state index contributed by atoms with van der Waals surface area (Å²) in [5.41, 5.74) is 11.8. The molecular formula is C35H28N2O. The molecule has 3 aliphatic rings. The highest BCUT2D eigenvalue weighted by Crippen LogP contribution is 2.56. The van der Waals surface area contributed by atoms with Crippen molar-refractivity contribution < 1.29 is 5.11 Å². The molecule has 184 valence electrons. The van der Waals surface area contributed by atoms with Crippen LogP contribution in [0.25, 0.3) is 27.6 Å². The van der Waals surface area contributed by atoms with E-state index in [1.165, 1.54) is 44.3 Å². The van der Waals surface area contributed by atoms with E-state index in [9.17, 15) is 5.11 Å². The molecule has 3 nitrogen and oxygen atoms in total. The minimum atomic E-state index is 0.00429. The maximum Gasteiger partial charge on any atom is 0.137 e. The van der Waals surface area contributed by atoms with Crippen LogP contribution in [0.1, 0.15) is 71.6 Å². The van der Waals surface area contributed by atoms with Gasteiger partial charge in [-0.25, -0.2) is 4.98 Å². The van der Waals surface area contributed by atoms with Crippen molar-refractivity contribution >= 4 is 21.8 Å². The Morgan fingerprint density at radius 2 is 1.21 bits per heavy atom. The lowest BCUT2D eigenvalue weighted by atomic mass is 9.61. The van der Waals surface area contributed by atoms with E-state index >= 15 is 0 Å². The smallest absolute Gasteiger partial charge is 0.137 e. The van der Waals surface area contributed by atoms with Gasteiger partial charge in [0.25, 0.3) is 0 Å². The average Bonchev–Trinajstić information content (AvgIpc) is 3.23. The van der Waals surface area contributed by atoms with Crippen LogP contribution in [-0.2, 0) is 5.41 Å². The molecule has 0 saturated heterocycles. The zero-order chi connectivity index (χ0) is 25.8. The van der Waals surface area contributed by atoms with Crippen molar-refractivity contribution in [3.63, 3.8) is 0 Å². The number of benzene rings is 4. The Kier molecular flexibility index (Phi) is 4.20. The Bertz CT molecular complexity index is 1890. The fourth-order valence-electron chi connectivity index (χ4n) is 6.92. The van der Waals surface area contributed by atoms with E-state index in [-0.39, 0.29) is 23.0 Å². The second kappa shape index (κ2) is 7.35. The van der Waals surface area contributed by atoms with Crippen LogP contribution in [-0.4, -0.2) is 14.7 Å². The minimum Gasteiger partial charge on any atom is -0.508 e. The first-order valence-corrected chi connectivity index (χ1v) is 13.4. The largest absolute Gasteiger partial charge is 0.508 e. The van der Waals surface area contributed by atoms with E-state index in [1.54, 1.807) is 6.07 Å². The molecule has 9 rings (SSSR count). The number of pyridine rings is 1.